The lowest BCUT2D eigenvalue weighted by atomic mass is 10.1. The maximum Gasteiger partial charge on any atom is 0.203 e. The molecule has 0 radical (unpaired) electrons. The first-order valence-corrected chi connectivity index (χ1v) is 6.40. The Labute approximate surface area is 98.3 Å². The van der Waals surface area contributed by atoms with Crippen LogP contribution in [0.1, 0.15) is 51.8 Å². The van der Waals surface area contributed by atoms with Crippen molar-refractivity contribution in [2.24, 2.45) is 5.92 Å². The zero-order valence-electron chi connectivity index (χ0n) is 10.8. The predicted molar refractivity (Wildman–Crippen MR) is 67.8 cm³/mol. The summed E-state index contributed by atoms with van der Waals surface area (Å²) in [6.07, 6.45) is 6.11. The number of nitrogens with one attached hydrogen (secondary N) is 1. The summed E-state index contributed by atoms with van der Waals surface area (Å²) >= 11 is 0. The molecule has 1 heterocycles. The predicted octanol–water partition coefficient (Wildman–Crippen LogP) is 3.37. The molecule has 90 valence electrons. The molecule has 0 saturated heterocycles. The van der Waals surface area contributed by atoms with Crippen LogP contribution in [0.2, 0.25) is 0 Å². The van der Waals surface area contributed by atoms with Gasteiger partial charge in [0.05, 0.1) is 5.69 Å². The fourth-order valence-corrected chi connectivity index (χ4v) is 2.54. The summed E-state index contributed by atoms with van der Waals surface area (Å²) in [4.78, 5) is 4.58. The molecule has 1 aromatic heterocycles. The van der Waals surface area contributed by atoms with Crippen LogP contribution in [0.4, 0.5) is 5.95 Å². The molecule has 2 rings (SSSR count). The fraction of sp³-hybridized carbons (Fsp3) is 0.769. The van der Waals surface area contributed by atoms with Crippen LogP contribution in [-0.4, -0.2) is 15.6 Å². The van der Waals surface area contributed by atoms with E-state index in [0.717, 1.165) is 17.6 Å². The van der Waals surface area contributed by atoms with Gasteiger partial charge in [0.15, 0.2) is 0 Å². The molecule has 1 fully saturated rings. The average molecular weight is 221 g/mol. The van der Waals surface area contributed by atoms with Crippen LogP contribution in [0.25, 0.3) is 0 Å². The minimum Gasteiger partial charge on any atom is -0.353 e. The van der Waals surface area contributed by atoms with E-state index in [0.29, 0.717) is 12.1 Å². The largest absolute Gasteiger partial charge is 0.353 e. The molecular weight excluding hydrogens is 198 g/mol. The third-order valence-electron chi connectivity index (χ3n) is 3.59. The van der Waals surface area contributed by atoms with Crippen molar-refractivity contribution in [1.29, 1.82) is 0 Å². The smallest absolute Gasteiger partial charge is 0.203 e. The van der Waals surface area contributed by atoms with Gasteiger partial charge in [0.1, 0.15) is 0 Å². The molecule has 0 aliphatic heterocycles. The van der Waals surface area contributed by atoms with Crippen LogP contribution >= 0.6 is 0 Å². The van der Waals surface area contributed by atoms with Crippen molar-refractivity contribution in [3.05, 3.63) is 11.9 Å². The molecule has 2 unspecified atom stereocenters. The topological polar surface area (TPSA) is 29.9 Å². The van der Waals surface area contributed by atoms with E-state index < -0.39 is 0 Å². The Kier molecular flexibility index (Phi) is 3.22. The number of rotatable bonds is 3. The highest BCUT2D eigenvalue weighted by molar-refractivity contribution is 5.31. The van der Waals surface area contributed by atoms with Crippen LogP contribution in [-0.2, 0) is 0 Å². The highest BCUT2D eigenvalue weighted by atomic mass is 15.2. The maximum atomic E-state index is 4.58. The van der Waals surface area contributed by atoms with Gasteiger partial charge in [0.25, 0.3) is 0 Å². The lowest BCUT2D eigenvalue weighted by Crippen LogP contribution is -2.24. The minimum absolute atomic E-state index is 0.473. The lowest BCUT2D eigenvalue weighted by Gasteiger charge is -2.20. The Balaban J connectivity index is 2.14. The molecule has 16 heavy (non-hydrogen) atoms. The molecule has 0 spiro atoms. The monoisotopic (exact) mass is 221 g/mol. The summed E-state index contributed by atoms with van der Waals surface area (Å²) < 4.78 is 2.24. The van der Waals surface area contributed by atoms with E-state index in [4.69, 9.17) is 0 Å². The van der Waals surface area contributed by atoms with E-state index in [1.165, 1.54) is 19.3 Å². The Morgan fingerprint density at radius 2 is 2.19 bits per heavy atom. The van der Waals surface area contributed by atoms with Gasteiger partial charge in [-0.3, -0.25) is 0 Å². The van der Waals surface area contributed by atoms with Crippen molar-refractivity contribution in [1.82, 2.24) is 9.55 Å². The molecule has 0 aromatic carbocycles. The number of aryl methyl sites for hydroxylation is 1. The zero-order chi connectivity index (χ0) is 11.7. The van der Waals surface area contributed by atoms with Crippen molar-refractivity contribution in [3.8, 4) is 0 Å². The Hall–Kier alpha value is -0.990. The summed E-state index contributed by atoms with van der Waals surface area (Å²) in [5, 5.41) is 3.61. The van der Waals surface area contributed by atoms with E-state index in [1.807, 2.05) is 0 Å². The second kappa shape index (κ2) is 4.48. The Morgan fingerprint density at radius 3 is 2.75 bits per heavy atom. The average Bonchev–Trinajstić information content (AvgIpc) is 2.75. The number of imidazole rings is 1. The highest BCUT2D eigenvalue weighted by Gasteiger charge is 2.24. The Bertz CT molecular complexity index is 354. The Morgan fingerprint density at radius 1 is 1.44 bits per heavy atom. The minimum atomic E-state index is 0.473. The summed E-state index contributed by atoms with van der Waals surface area (Å²) in [6, 6.07) is 1.08. The molecule has 0 bridgehead atoms. The van der Waals surface area contributed by atoms with Gasteiger partial charge < -0.3 is 9.88 Å². The summed E-state index contributed by atoms with van der Waals surface area (Å²) in [6.45, 7) is 8.79. The highest BCUT2D eigenvalue weighted by Crippen LogP contribution is 2.28. The van der Waals surface area contributed by atoms with Gasteiger partial charge in [-0.1, -0.05) is 13.3 Å². The van der Waals surface area contributed by atoms with Crippen molar-refractivity contribution < 1.29 is 0 Å². The maximum absolute atomic E-state index is 4.58. The number of anilines is 1. The van der Waals surface area contributed by atoms with Crippen molar-refractivity contribution in [2.75, 3.05) is 5.32 Å². The molecule has 1 saturated carbocycles. The van der Waals surface area contributed by atoms with E-state index in [1.54, 1.807) is 0 Å². The number of nitrogens with zero attached hydrogens (tertiary/aromatic N) is 2. The SMILES string of the molecule is Cc1cn(C(C)C)c(NC2CCCC2C)n1. The molecule has 2 atom stereocenters. The van der Waals surface area contributed by atoms with Crippen LogP contribution in [0.3, 0.4) is 0 Å². The van der Waals surface area contributed by atoms with Crippen molar-refractivity contribution in [3.63, 3.8) is 0 Å². The second-order valence-corrected chi connectivity index (χ2v) is 5.37. The van der Waals surface area contributed by atoms with Gasteiger partial charge in [-0.05, 0) is 39.5 Å². The quantitative estimate of drug-likeness (QED) is 0.848. The summed E-state index contributed by atoms with van der Waals surface area (Å²) in [5.41, 5.74) is 1.10. The first kappa shape index (κ1) is 11.5. The zero-order valence-corrected chi connectivity index (χ0v) is 10.8. The van der Waals surface area contributed by atoms with E-state index in [9.17, 15) is 0 Å². The molecule has 0 amide bonds. The van der Waals surface area contributed by atoms with Crippen molar-refractivity contribution in [2.45, 2.75) is 59.0 Å². The number of aromatic nitrogens is 2. The van der Waals surface area contributed by atoms with Crippen LogP contribution < -0.4 is 5.32 Å². The van der Waals surface area contributed by atoms with E-state index in [-0.39, 0.29) is 0 Å². The van der Waals surface area contributed by atoms with Gasteiger partial charge in [-0.2, -0.15) is 0 Å². The molecule has 1 aromatic rings. The van der Waals surface area contributed by atoms with Gasteiger partial charge in [0.2, 0.25) is 5.95 Å². The van der Waals surface area contributed by atoms with Crippen LogP contribution in [0.5, 0.6) is 0 Å². The first-order chi connectivity index (χ1) is 7.58. The van der Waals surface area contributed by atoms with Gasteiger partial charge in [0, 0.05) is 18.3 Å². The van der Waals surface area contributed by atoms with Crippen LogP contribution in [0, 0.1) is 12.8 Å². The van der Waals surface area contributed by atoms with Crippen molar-refractivity contribution >= 4 is 5.95 Å². The summed E-state index contributed by atoms with van der Waals surface area (Å²) in [5.74, 6) is 1.82. The standard InChI is InChI=1S/C13H23N3/c1-9(2)16-8-11(4)14-13(16)15-12-7-5-6-10(12)3/h8-10,12H,5-7H2,1-4H3,(H,14,15). The molecule has 1 N–H and O–H groups in total. The molecule has 1 aliphatic rings. The third kappa shape index (κ3) is 2.23. The fourth-order valence-electron chi connectivity index (χ4n) is 2.54. The van der Waals surface area contributed by atoms with E-state index in [2.05, 4.69) is 48.8 Å². The van der Waals surface area contributed by atoms with Gasteiger partial charge in [-0.15, -0.1) is 0 Å². The van der Waals surface area contributed by atoms with Gasteiger partial charge >= 0.3 is 0 Å². The second-order valence-electron chi connectivity index (χ2n) is 5.37. The van der Waals surface area contributed by atoms with Gasteiger partial charge in [-0.25, -0.2) is 4.98 Å². The third-order valence-corrected chi connectivity index (χ3v) is 3.59. The molecule has 3 heteroatoms. The summed E-state index contributed by atoms with van der Waals surface area (Å²) in [7, 11) is 0. The normalized spacial score (nSPS) is 25.3. The molecule has 1 aliphatic carbocycles. The number of hydrogen-bond acceptors (Lipinski definition) is 2. The first-order valence-electron chi connectivity index (χ1n) is 6.40. The van der Waals surface area contributed by atoms with Crippen LogP contribution in [0.15, 0.2) is 6.20 Å². The number of hydrogen-bond donors (Lipinski definition) is 1. The molecule has 3 nitrogen and oxygen atoms in total. The lowest BCUT2D eigenvalue weighted by molar-refractivity contribution is 0.539. The van der Waals surface area contributed by atoms with E-state index >= 15 is 0 Å². The molecular formula is C13H23N3.